The monoisotopic (exact) mass is 283 g/mol. The van der Waals surface area contributed by atoms with Crippen molar-refractivity contribution in [2.45, 2.75) is 26.1 Å². The van der Waals surface area contributed by atoms with Gasteiger partial charge in [0.1, 0.15) is 11.9 Å². The van der Waals surface area contributed by atoms with E-state index in [1.165, 1.54) is 5.56 Å². The number of hydrogen-bond acceptors (Lipinski definition) is 4. The van der Waals surface area contributed by atoms with Crippen molar-refractivity contribution >= 4 is 5.82 Å². The molecule has 4 nitrogen and oxygen atoms in total. The lowest BCUT2D eigenvalue weighted by atomic mass is 10.0. The maximum atomic E-state index is 6.30. The van der Waals surface area contributed by atoms with Crippen LogP contribution in [0, 0.1) is 5.92 Å². The smallest absolute Gasteiger partial charge is 0.147 e. The Balaban J connectivity index is 1.85. The highest BCUT2D eigenvalue weighted by Gasteiger charge is 2.31. The predicted molar refractivity (Wildman–Crippen MR) is 83.1 cm³/mol. The molecule has 110 valence electrons. The molecule has 1 saturated heterocycles. The lowest BCUT2D eigenvalue weighted by Crippen LogP contribution is -2.46. The number of anilines is 1. The maximum absolute atomic E-state index is 6.30. The molecule has 2 heterocycles. The second kappa shape index (κ2) is 6.22. The molecule has 0 bridgehead atoms. The maximum Gasteiger partial charge on any atom is 0.147 e. The second-order valence-electron chi connectivity index (χ2n) is 5.79. The molecule has 0 amide bonds. The Morgan fingerprint density at radius 2 is 1.95 bits per heavy atom. The first-order valence-corrected chi connectivity index (χ1v) is 7.45. The van der Waals surface area contributed by atoms with Gasteiger partial charge in [0.25, 0.3) is 0 Å². The number of hydrogen-bond donors (Lipinski definition) is 0. The Morgan fingerprint density at radius 1 is 1.14 bits per heavy atom. The third-order valence-corrected chi connectivity index (χ3v) is 3.91. The quantitative estimate of drug-likeness (QED) is 0.867. The van der Waals surface area contributed by atoms with Crippen molar-refractivity contribution in [2.75, 3.05) is 18.0 Å². The molecule has 0 unspecified atom stereocenters. The molecule has 1 aliphatic heterocycles. The minimum atomic E-state index is 0.0781. The zero-order valence-electron chi connectivity index (χ0n) is 12.5. The van der Waals surface area contributed by atoms with E-state index in [9.17, 15) is 0 Å². The number of rotatable bonds is 3. The van der Waals surface area contributed by atoms with Gasteiger partial charge in [0, 0.05) is 25.5 Å². The molecule has 0 radical (unpaired) electrons. The highest BCUT2D eigenvalue weighted by Crippen LogP contribution is 2.29. The fraction of sp³-hybridized carbons (Fsp3) is 0.412. The molecule has 3 rings (SSSR count). The number of benzene rings is 1. The second-order valence-corrected chi connectivity index (χ2v) is 5.79. The summed E-state index contributed by atoms with van der Waals surface area (Å²) >= 11 is 0. The van der Waals surface area contributed by atoms with Crippen molar-refractivity contribution in [1.29, 1.82) is 0 Å². The van der Waals surface area contributed by atoms with Crippen LogP contribution in [0.5, 0.6) is 0 Å². The van der Waals surface area contributed by atoms with E-state index in [-0.39, 0.29) is 12.2 Å². The van der Waals surface area contributed by atoms with Crippen LogP contribution in [-0.2, 0) is 4.74 Å². The third kappa shape index (κ3) is 3.22. The van der Waals surface area contributed by atoms with Gasteiger partial charge in [-0.2, -0.15) is 0 Å². The van der Waals surface area contributed by atoms with Crippen LogP contribution in [0.3, 0.4) is 0 Å². The zero-order valence-corrected chi connectivity index (χ0v) is 12.5. The molecule has 4 heteroatoms. The van der Waals surface area contributed by atoms with Crippen molar-refractivity contribution in [2.24, 2.45) is 5.92 Å². The van der Waals surface area contributed by atoms with Gasteiger partial charge in [0.15, 0.2) is 0 Å². The first-order chi connectivity index (χ1) is 10.2. The van der Waals surface area contributed by atoms with E-state index < -0.39 is 0 Å². The normalized spacial score (nSPS) is 22.5. The predicted octanol–water partition coefficient (Wildman–Crippen LogP) is 3.08. The summed E-state index contributed by atoms with van der Waals surface area (Å²) in [5.41, 5.74) is 1.22. The van der Waals surface area contributed by atoms with Gasteiger partial charge >= 0.3 is 0 Å². The highest BCUT2D eigenvalue weighted by atomic mass is 16.5. The molecule has 1 fully saturated rings. The fourth-order valence-corrected chi connectivity index (χ4v) is 2.65. The van der Waals surface area contributed by atoms with E-state index in [2.05, 4.69) is 53.0 Å². The number of aromatic nitrogens is 2. The summed E-state index contributed by atoms with van der Waals surface area (Å²) in [6.45, 7) is 6.07. The summed E-state index contributed by atoms with van der Waals surface area (Å²) in [5, 5.41) is 0. The lowest BCUT2D eigenvalue weighted by molar-refractivity contribution is -0.0501. The van der Waals surface area contributed by atoms with Gasteiger partial charge in [-0.1, -0.05) is 44.2 Å². The molecule has 21 heavy (non-hydrogen) atoms. The van der Waals surface area contributed by atoms with E-state index in [0.717, 1.165) is 18.9 Å². The number of ether oxygens (including phenoxy) is 1. The van der Waals surface area contributed by atoms with Crippen molar-refractivity contribution in [3.8, 4) is 0 Å². The van der Waals surface area contributed by atoms with E-state index in [1.807, 2.05) is 12.3 Å². The summed E-state index contributed by atoms with van der Waals surface area (Å²) in [7, 11) is 0. The van der Waals surface area contributed by atoms with Crippen LogP contribution < -0.4 is 4.90 Å². The topological polar surface area (TPSA) is 38.2 Å². The summed E-state index contributed by atoms with van der Waals surface area (Å²) in [5.74, 6) is 1.39. The molecular formula is C17H21N3O. The van der Waals surface area contributed by atoms with Crippen LogP contribution in [0.25, 0.3) is 0 Å². The molecule has 2 aromatic rings. The van der Waals surface area contributed by atoms with E-state index >= 15 is 0 Å². The Bertz CT molecular complexity index is 511. The minimum absolute atomic E-state index is 0.0781. The first-order valence-electron chi connectivity index (χ1n) is 7.45. The van der Waals surface area contributed by atoms with Crippen LogP contribution >= 0.6 is 0 Å². The molecule has 0 aliphatic carbocycles. The van der Waals surface area contributed by atoms with E-state index in [4.69, 9.17) is 4.74 Å². The Hall–Kier alpha value is -1.94. The minimum Gasteiger partial charge on any atom is -0.366 e. The SMILES string of the molecule is CC(C)[C@H]1CN(c2cnccn2)C[C@@H](c2ccccc2)O1. The lowest BCUT2D eigenvalue weighted by Gasteiger charge is -2.40. The zero-order chi connectivity index (χ0) is 14.7. The van der Waals surface area contributed by atoms with Crippen LogP contribution in [0.15, 0.2) is 48.9 Å². The van der Waals surface area contributed by atoms with E-state index in [0.29, 0.717) is 5.92 Å². The largest absolute Gasteiger partial charge is 0.366 e. The molecule has 1 aromatic carbocycles. The summed E-state index contributed by atoms with van der Waals surface area (Å²) in [6.07, 6.45) is 5.55. The highest BCUT2D eigenvalue weighted by molar-refractivity contribution is 5.37. The summed E-state index contributed by atoms with van der Waals surface area (Å²) in [4.78, 5) is 10.9. The van der Waals surface area contributed by atoms with Gasteiger partial charge in [-0.25, -0.2) is 4.98 Å². The third-order valence-electron chi connectivity index (χ3n) is 3.91. The van der Waals surface area contributed by atoms with Gasteiger partial charge in [0.05, 0.1) is 12.3 Å². The molecule has 0 saturated carbocycles. The molecule has 1 aromatic heterocycles. The summed E-state index contributed by atoms with van der Waals surface area (Å²) in [6, 6.07) is 10.4. The van der Waals surface area contributed by atoms with Crippen LogP contribution in [0.4, 0.5) is 5.82 Å². The number of nitrogens with zero attached hydrogens (tertiary/aromatic N) is 3. The van der Waals surface area contributed by atoms with Crippen molar-refractivity contribution in [3.63, 3.8) is 0 Å². The average molecular weight is 283 g/mol. The van der Waals surface area contributed by atoms with Crippen LogP contribution in [0.2, 0.25) is 0 Å². The number of morpholine rings is 1. The fourth-order valence-electron chi connectivity index (χ4n) is 2.65. The first kappa shape index (κ1) is 14.0. The van der Waals surface area contributed by atoms with Gasteiger partial charge in [-0.05, 0) is 11.5 Å². The molecule has 2 atom stereocenters. The van der Waals surface area contributed by atoms with Gasteiger partial charge in [-0.3, -0.25) is 4.98 Å². The van der Waals surface area contributed by atoms with Gasteiger partial charge < -0.3 is 9.64 Å². The Kier molecular flexibility index (Phi) is 4.15. The van der Waals surface area contributed by atoms with Crippen molar-refractivity contribution in [3.05, 3.63) is 54.5 Å². The molecule has 0 N–H and O–H groups in total. The Morgan fingerprint density at radius 3 is 2.62 bits per heavy atom. The van der Waals surface area contributed by atoms with Crippen molar-refractivity contribution < 1.29 is 4.74 Å². The van der Waals surface area contributed by atoms with Crippen LogP contribution in [-0.4, -0.2) is 29.2 Å². The van der Waals surface area contributed by atoms with Crippen molar-refractivity contribution in [1.82, 2.24) is 9.97 Å². The van der Waals surface area contributed by atoms with Gasteiger partial charge in [-0.15, -0.1) is 0 Å². The molecular weight excluding hydrogens is 262 g/mol. The van der Waals surface area contributed by atoms with Gasteiger partial charge in [0.2, 0.25) is 0 Å². The van der Waals surface area contributed by atoms with E-state index in [1.54, 1.807) is 12.4 Å². The standard InChI is InChI=1S/C17H21N3O/c1-13(2)15-11-20(17-10-18-8-9-19-17)12-16(21-15)14-6-4-3-5-7-14/h3-10,13,15-16H,11-12H2,1-2H3/t15-,16+/m1/s1. The Labute approximate surface area is 125 Å². The summed E-state index contributed by atoms with van der Waals surface area (Å²) < 4.78 is 6.30. The average Bonchev–Trinajstić information content (AvgIpc) is 2.56. The van der Waals surface area contributed by atoms with Crippen LogP contribution in [0.1, 0.15) is 25.5 Å². The molecule has 0 spiro atoms. The molecule has 1 aliphatic rings.